The molecule has 1 fully saturated rings. The molecule has 0 bridgehead atoms. The number of anilines is 1. The second-order valence-corrected chi connectivity index (χ2v) is 8.38. The number of hydrogen-bond donors (Lipinski definition) is 1. The fourth-order valence-corrected chi connectivity index (χ4v) is 4.15. The molecule has 34 heavy (non-hydrogen) atoms. The highest BCUT2D eigenvalue weighted by Gasteiger charge is 2.25. The first-order valence-electron chi connectivity index (χ1n) is 10.8. The molecule has 0 aliphatic carbocycles. The third-order valence-corrected chi connectivity index (χ3v) is 6.04. The number of piperazine rings is 1. The van der Waals surface area contributed by atoms with Gasteiger partial charge in [-0.1, -0.05) is 54.1 Å². The third kappa shape index (κ3) is 5.41. The van der Waals surface area contributed by atoms with Gasteiger partial charge in [-0.15, -0.1) is 0 Å². The van der Waals surface area contributed by atoms with Gasteiger partial charge in [0.1, 0.15) is 0 Å². The molecular formula is C25H23ClN4O4. The summed E-state index contributed by atoms with van der Waals surface area (Å²) in [5.74, 6) is -0.710. The van der Waals surface area contributed by atoms with Crippen LogP contribution >= 0.6 is 11.6 Å². The van der Waals surface area contributed by atoms with Gasteiger partial charge in [-0.3, -0.25) is 24.6 Å². The number of nitro groups is 1. The first-order valence-corrected chi connectivity index (χ1v) is 11.2. The quantitative estimate of drug-likeness (QED) is 0.417. The van der Waals surface area contributed by atoms with Crippen LogP contribution in [0.3, 0.4) is 0 Å². The predicted molar refractivity (Wildman–Crippen MR) is 130 cm³/mol. The maximum absolute atomic E-state index is 13.2. The van der Waals surface area contributed by atoms with Crippen LogP contribution in [0.4, 0.5) is 11.4 Å². The zero-order valence-corrected chi connectivity index (χ0v) is 19.1. The van der Waals surface area contributed by atoms with Crippen molar-refractivity contribution < 1.29 is 14.5 Å². The lowest BCUT2D eigenvalue weighted by atomic mass is 10.1. The van der Waals surface area contributed by atoms with Crippen molar-refractivity contribution in [1.82, 2.24) is 9.80 Å². The second kappa shape index (κ2) is 10.5. The van der Waals surface area contributed by atoms with E-state index in [2.05, 4.69) is 22.3 Å². The van der Waals surface area contributed by atoms with Gasteiger partial charge in [0.15, 0.2) is 0 Å². The van der Waals surface area contributed by atoms with Crippen molar-refractivity contribution in [3.8, 4) is 0 Å². The van der Waals surface area contributed by atoms with Gasteiger partial charge in [-0.2, -0.15) is 0 Å². The number of non-ortho nitro benzene ring substituents is 1. The van der Waals surface area contributed by atoms with Crippen LogP contribution in [0.15, 0.2) is 72.8 Å². The number of hydrogen-bond acceptors (Lipinski definition) is 5. The van der Waals surface area contributed by atoms with Gasteiger partial charge in [0.2, 0.25) is 0 Å². The minimum Gasteiger partial charge on any atom is -0.336 e. The van der Waals surface area contributed by atoms with E-state index >= 15 is 0 Å². The molecule has 8 nitrogen and oxygen atoms in total. The van der Waals surface area contributed by atoms with E-state index in [0.29, 0.717) is 24.3 Å². The standard InChI is InChI=1S/C25H23ClN4O4/c26-22-16-19(30(33)34)10-11-20(22)24(31)27-23-9-5-4-8-21(23)25(32)29-14-12-28(13-15-29)17-18-6-2-1-3-7-18/h1-11,16H,12-15,17H2,(H,27,31). The van der Waals surface area contributed by atoms with E-state index in [4.69, 9.17) is 11.6 Å². The van der Waals surface area contributed by atoms with E-state index in [9.17, 15) is 19.7 Å². The largest absolute Gasteiger partial charge is 0.336 e. The molecule has 2 amide bonds. The van der Waals surface area contributed by atoms with Crippen LogP contribution < -0.4 is 5.32 Å². The van der Waals surface area contributed by atoms with Crippen molar-refractivity contribution >= 4 is 34.8 Å². The summed E-state index contributed by atoms with van der Waals surface area (Å²) in [5.41, 5.74) is 1.86. The molecule has 1 N–H and O–H groups in total. The molecular weight excluding hydrogens is 456 g/mol. The number of nitrogens with zero attached hydrogens (tertiary/aromatic N) is 3. The fourth-order valence-electron chi connectivity index (χ4n) is 3.89. The third-order valence-electron chi connectivity index (χ3n) is 5.72. The van der Waals surface area contributed by atoms with Crippen LogP contribution in [0, 0.1) is 10.1 Å². The van der Waals surface area contributed by atoms with E-state index < -0.39 is 10.8 Å². The Hall–Kier alpha value is -3.75. The van der Waals surface area contributed by atoms with Crippen molar-refractivity contribution in [2.75, 3.05) is 31.5 Å². The highest BCUT2D eigenvalue weighted by molar-refractivity contribution is 6.34. The van der Waals surface area contributed by atoms with Crippen LogP contribution in [0.1, 0.15) is 26.3 Å². The maximum atomic E-state index is 13.2. The Bertz CT molecular complexity index is 1210. The molecule has 0 radical (unpaired) electrons. The van der Waals surface area contributed by atoms with E-state index in [1.54, 1.807) is 29.2 Å². The van der Waals surface area contributed by atoms with Gasteiger partial charge in [0.25, 0.3) is 17.5 Å². The van der Waals surface area contributed by atoms with Crippen LogP contribution in [-0.2, 0) is 6.54 Å². The number of para-hydroxylation sites is 1. The van der Waals surface area contributed by atoms with Gasteiger partial charge in [0.05, 0.1) is 26.8 Å². The summed E-state index contributed by atoms with van der Waals surface area (Å²) in [6, 6.07) is 20.6. The summed E-state index contributed by atoms with van der Waals surface area (Å²) < 4.78 is 0. The molecule has 1 aliphatic heterocycles. The van der Waals surface area contributed by atoms with Gasteiger partial charge < -0.3 is 10.2 Å². The normalized spacial score (nSPS) is 14.0. The van der Waals surface area contributed by atoms with Crippen molar-refractivity contribution in [3.05, 3.63) is 105 Å². The zero-order valence-electron chi connectivity index (χ0n) is 18.3. The number of nitrogens with one attached hydrogen (secondary N) is 1. The van der Waals surface area contributed by atoms with Gasteiger partial charge in [-0.05, 0) is 23.8 Å². The molecule has 1 heterocycles. The summed E-state index contributed by atoms with van der Waals surface area (Å²) >= 11 is 6.09. The fraction of sp³-hybridized carbons (Fsp3) is 0.200. The van der Waals surface area contributed by atoms with Gasteiger partial charge in [0, 0.05) is 44.9 Å². The van der Waals surface area contributed by atoms with E-state index in [1.165, 1.54) is 17.7 Å². The Morgan fingerprint density at radius 2 is 1.59 bits per heavy atom. The van der Waals surface area contributed by atoms with Crippen LogP contribution in [0.2, 0.25) is 5.02 Å². The summed E-state index contributed by atoms with van der Waals surface area (Å²) in [6.07, 6.45) is 0. The Labute approximate surface area is 201 Å². The molecule has 0 unspecified atom stereocenters. The predicted octanol–water partition coefficient (Wildman–Crippen LogP) is 4.46. The highest BCUT2D eigenvalue weighted by Crippen LogP contribution is 2.25. The highest BCUT2D eigenvalue weighted by atomic mass is 35.5. The maximum Gasteiger partial charge on any atom is 0.270 e. The number of nitro benzene ring substituents is 1. The average Bonchev–Trinajstić information content (AvgIpc) is 2.85. The first-order chi connectivity index (χ1) is 16.4. The Kier molecular flexibility index (Phi) is 7.20. The minimum absolute atomic E-state index is 0.0370. The molecule has 3 aromatic rings. The molecule has 4 rings (SSSR count). The molecule has 1 aliphatic rings. The molecule has 0 spiro atoms. The molecule has 3 aromatic carbocycles. The molecule has 1 saturated heterocycles. The van der Waals surface area contributed by atoms with Crippen molar-refractivity contribution in [1.29, 1.82) is 0 Å². The summed E-state index contributed by atoms with van der Waals surface area (Å²) in [5, 5.41) is 13.6. The number of rotatable bonds is 6. The number of benzene rings is 3. The number of amides is 2. The lowest BCUT2D eigenvalue weighted by Crippen LogP contribution is -2.48. The van der Waals surface area contributed by atoms with Crippen molar-refractivity contribution in [2.24, 2.45) is 0 Å². The lowest BCUT2D eigenvalue weighted by molar-refractivity contribution is -0.384. The molecule has 0 atom stereocenters. The topological polar surface area (TPSA) is 95.8 Å². The van der Waals surface area contributed by atoms with Crippen LogP contribution in [0.5, 0.6) is 0 Å². The van der Waals surface area contributed by atoms with Gasteiger partial charge >= 0.3 is 0 Å². The Balaban J connectivity index is 1.43. The minimum atomic E-state index is -0.582. The summed E-state index contributed by atoms with van der Waals surface area (Å²) in [4.78, 5) is 40.4. The summed E-state index contributed by atoms with van der Waals surface area (Å²) in [6.45, 7) is 3.52. The second-order valence-electron chi connectivity index (χ2n) is 7.97. The summed E-state index contributed by atoms with van der Waals surface area (Å²) in [7, 11) is 0. The van der Waals surface area contributed by atoms with Gasteiger partial charge in [-0.25, -0.2) is 0 Å². The van der Waals surface area contributed by atoms with E-state index in [1.807, 2.05) is 18.2 Å². The number of halogens is 1. The van der Waals surface area contributed by atoms with E-state index in [-0.39, 0.29) is 22.2 Å². The van der Waals surface area contributed by atoms with Crippen LogP contribution in [0.25, 0.3) is 0 Å². The zero-order chi connectivity index (χ0) is 24.1. The van der Waals surface area contributed by atoms with Crippen LogP contribution in [-0.4, -0.2) is 52.7 Å². The lowest BCUT2D eigenvalue weighted by Gasteiger charge is -2.35. The Morgan fingerprint density at radius 3 is 2.26 bits per heavy atom. The molecule has 0 aromatic heterocycles. The van der Waals surface area contributed by atoms with Crippen molar-refractivity contribution in [3.63, 3.8) is 0 Å². The van der Waals surface area contributed by atoms with Crippen molar-refractivity contribution in [2.45, 2.75) is 6.54 Å². The Morgan fingerprint density at radius 1 is 0.912 bits per heavy atom. The monoisotopic (exact) mass is 478 g/mol. The average molecular weight is 479 g/mol. The SMILES string of the molecule is O=C(Nc1ccccc1C(=O)N1CCN(Cc2ccccc2)CC1)c1ccc([N+](=O)[O-])cc1Cl. The first kappa shape index (κ1) is 23.4. The molecule has 0 saturated carbocycles. The molecule has 174 valence electrons. The number of carbonyl (C=O) groups excluding carboxylic acids is 2. The smallest absolute Gasteiger partial charge is 0.270 e. The van der Waals surface area contributed by atoms with E-state index in [0.717, 1.165) is 25.7 Å². The number of carbonyl (C=O) groups is 2. The molecule has 9 heteroatoms.